The molecule has 13 heteroatoms. The van der Waals surface area contributed by atoms with Crippen LogP contribution in [0.4, 0.5) is 4.79 Å². The Morgan fingerprint density at radius 1 is 1.19 bits per heavy atom. The van der Waals surface area contributed by atoms with Crippen LogP contribution >= 0.6 is 0 Å². The highest BCUT2D eigenvalue weighted by Crippen LogP contribution is 2.65. The number of aliphatic hydroxyl groups is 1. The van der Waals surface area contributed by atoms with Crippen LogP contribution < -0.4 is 14.8 Å². The number of hydrogen-bond acceptors (Lipinski definition) is 12. The molecular formula is C34H46N2O11. The molecule has 4 aliphatic rings. The molecule has 0 unspecified atom stereocenters. The van der Waals surface area contributed by atoms with E-state index in [0.29, 0.717) is 37.3 Å². The molecule has 1 fully saturated rings. The molecule has 0 aromatic heterocycles. The first-order chi connectivity index (χ1) is 22.1. The summed E-state index contributed by atoms with van der Waals surface area (Å²) in [5, 5.41) is 14.7. The SMILES string of the molecule is CCCCOC(=O)C[C@H](NC(=O)OC(C)(C)C)C(=O)O[C@@H](C)C(=O)OC1=CC[C@@]2(O)[C@H]3Cc4ccc(OC)c5c4[C@@]2(CCN3C)[C@H]1O5. The summed E-state index contributed by atoms with van der Waals surface area (Å²) in [5.74, 6) is -1.39. The number of esters is 3. The van der Waals surface area contributed by atoms with Crippen LogP contribution in [0.15, 0.2) is 24.0 Å². The number of nitrogens with zero attached hydrogens (tertiary/aromatic N) is 1. The number of carbonyl (C=O) groups excluding carboxylic acids is 4. The minimum atomic E-state index is -1.48. The van der Waals surface area contributed by atoms with Crippen LogP contribution in [0.1, 0.15) is 77.8 Å². The van der Waals surface area contributed by atoms with Crippen LogP contribution in [0.2, 0.25) is 0 Å². The van der Waals surface area contributed by atoms with Crippen LogP contribution in [0, 0.1) is 0 Å². The lowest BCUT2D eigenvalue weighted by atomic mass is 9.50. The highest BCUT2D eigenvalue weighted by Gasteiger charge is 2.72. The Bertz CT molecular complexity index is 1450. The Morgan fingerprint density at radius 2 is 1.94 bits per heavy atom. The molecule has 1 amide bonds. The summed E-state index contributed by atoms with van der Waals surface area (Å²) in [5.41, 5.74) is -0.995. The van der Waals surface area contributed by atoms with Crippen molar-refractivity contribution >= 4 is 24.0 Å². The second kappa shape index (κ2) is 13.0. The highest BCUT2D eigenvalue weighted by atomic mass is 16.6. The van der Waals surface area contributed by atoms with Gasteiger partial charge in [0, 0.05) is 18.0 Å². The normalized spacial score (nSPS) is 26.9. The molecule has 0 saturated carbocycles. The van der Waals surface area contributed by atoms with Crippen LogP contribution in [0.5, 0.6) is 11.5 Å². The Kier molecular flexibility index (Phi) is 9.53. The Balaban J connectivity index is 1.33. The number of nitrogens with one attached hydrogen (secondary N) is 1. The topological polar surface area (TPSA) is 159 Å². The summed E-state index contributed by atoms with van der Waals surface area (Å²) < 4.78 is 33.8. The lowest BCUT2D eigenvalue weighted by molar-refractivity contribution is -0.176. The standard InChI is InChI=1S/C34H46N2O11/c1-8-9-16-43-25(37)18-21(35-31(40)47-32(3,4)5)30(39)44-19(2)29(38)45-23-12-13-34(41)24-17-20-10-11-22(42-7)27-26(20)33(34,28(23)46-27)14-15-36(24)6/h10-12,19,21,24,28,41H,8-9,13-18H2,1-7H3,(H,35,40)/t19-,21-,24+,28-,33-,34+/m0/s1. The van der Waals surface area contributed by atoms with Crippen molar-refractivity contribution in [3.63, 3.8) is 0 Å². The van der Waals surface area contributed by atoms with Gasteiger partial charge in [-0.1, -0.05) is 19.4 Å². The van der Waals surface area contributed by atoms with Crippen molar-refractivity contribution in [3.8, 4) is 11.5 Å². The summed E-state index contributed by atoms with van der Waals surface area (Å²) in [6.07, 6.45) is 0.809. The summed E-state index contributed by atoms with van der Waals surface area (Å²) in [6.45, 7) is 9.09. The summed E-state index contributed by atoms with van der Waals surface area (Å²) in [6, 6.07) is 2.20. The maximum atomic E-state index is 13.4. The first-order valence-electron chi connectivity index (χ1n) is 16.2. The number of carbonyl (C=O) groups is 4. The van der Waals surface area contributed by atoms with Gasteiger partial charge in [0.15, 0.2) is 23.7 Å². The minimum absolute atomic E-state index is 0.162. The molecule has 2 N–H and O–H groups in total. The number of piperidine rings is 1. The van der Waals surface area contributed by atoms with Gasteiger partial charge in [-0.15, -0.1) is 0 Å². The molecule has 1 saturated heterocycles. The third-order valence-corrected chi connectivity index (χ3v) is 9.51. The zero-order valence-corrected chi connectivity index (χ0v) is 28.2. The number of unbranched alkanes of at least 4 members (excludes halogenated alkanes) is 1. The lowest BCUT2D eigenvalue weighted by Crippen LogP contribution is -2.74. The summed E-state index contributed by atoms with van der Waals surface area (Å²) in [4.78, 5) is 53.8. The Labute approximate surface area is 274 Å². The van der Waals surface area contributed by atoms with Crippen molar-refractivity contribution in [2.45, 2.75) is 114 Å². The maximum absolute atomic E-state index is 13.4. The van der Waals surface area contributed by atoms with E-state index in [9.17, 15) is 24.3 Å². The van der Waals surface area contributed by atoms with Gasteiger partial charge < -0.3 is 43.7 Å². The third-order valence-electron chi connectivity index (χ3n) is 9.51. The number of benzene rings is 1. The molecule has 5 rings (SSSR count). The van der Waals surface area contributed by atoms with Crippen molar-refractivity contribution in [2.24, 2.45) is 0 Å². The molecule has 1 aromatic carbocycles. The van der Waals surface area contributed by atoms with Crippen molar-refractivity contribution in [1.82, 2.24) is 10.2 Å². The number of alkyl carbamates (subject to hydrolysis) is 1. The third kappa shape index (κ3) is 6.27. The number of amides is 1. The Morgan fingerprint density at radius 3 is 2.62 bits per heavy atom. The number of rotatable bonds is 11. The second-order valence-corrected chi connectivity index (χ2v) is 13.8. The van der Waals surface area contributed by atoms with Crippen molar-refractivity contribution in [3.05, 3.63) is 35.1 Å². The van der Waals surface area contributed by atoms with Gasteiger partial charge >= 0.3 is 24.0 Å². The number of hydrogen-bond donors (Lipinski definition) is 2. The zero-order valence-electron chi connectivity index (χ0n) is 28.2. The van der Waals surface area contributed by atoms with E-state index in [1.54, 1.807) is 34.0 Å². The van der Waals surface area contributed by atoms with Crippen molar-refractivity contribution in [1.29, 1.82) is 0 Å². The molecule has 1 spiro atoms. The quantitative estimate of drug-likeness (QED) is 0.204. The molecule has 2 heterocycles. The fourth-order valence-electron chi connectivity index (χ4n) is 7.29. The first-order valence-corrected chi connectivity index (χ1v) is 16.2. The van der Waals surface area contributed by atoms with Crippen LogP contribution in [0.25, 0.3) is 0 Å². The molecule has 2 aliphatic heterocycles. The second-order valence-electron chi connectivity index (χ2n) is 13.8. The van der Waals surface area contributed by atoms with E-state index in [2.05, 4.69) is 10.2 Å². The van der Waals surface area contributed by atoms with Gasteiger partial charge in [0.25, 0.3) is 0 Å². The Hall–Kier alpha value is -3.84. The summed E-state index contributed by atoms with van der Waals surface area (Å²) in [7, 11) is 3.55. The molecule has 1 aromatic rings. The van der Waals surface area contributed by atoms with Crippen molar-refractivity contribution < 1.29 is 52.7 Å². The van der Waals surface area contributed by atoms with Crippen molar-refractivity contribution in [2.75, 3.05) is 27.3 Å². The average molecular weight is 659 g/mol. The highest BCUT2D eigenvalue weighted by molar-refractivity contribution is 5.88. The van der Waals surface area contributed by atoms with Gasteiger partial charge in [-0.3, -0.25) is 4.79 Å². The fraction of sp³-hybridized carbons (Fsp3) is 0.647. The zero-order chi connectivity index (χ0) is 34.3. The lowest BCUT2D eigenvalue weighted by Gasteiger charge is -2.61. The monoisotopic (exact) mass is 658 g/mol. The predicted octanol–water partition coefficient (Wildman–Crippen LogP) is 3.07. The molecule has 6 atom stereocenters. The predicted molar refractivity (Wildman–Crippen MR) is 167 cm³/mol. The molecular weight excluding hydrogens is 612 g/mol. The van der Waals surface area contributed by atoms with Crippen LogP contribution in [0.3, 0.4) is 0 Å². The van der Waals surface area contributed by atoms with Gasteiger partial charge in [-0.05, 0) is 78.3 Å². The number of likely N-dealkylation sites (tertiary alicyclic amines) is 1. The van der Waals surface area contributed by atoms with Crippen LogP contribution in [-0.4, -0.2) is 96.8 Å². The maximum Gasteiger partial charge on any atom is 0.408 e. The van der Waals surface area contributed by atoms with E-state index in [-0.39, 0.29) is 24.8 Å². The molecule has 2 aliphatic carbocycles. The van der Waals surface area contributed by atoms with Gasteiger partial charge in [0.05, 0.1) is 31.2 Å². The molecule has 2 bridgehead atoms. The smallest absolute Gasteiger partial charge is 0.408 e. The van der Waals surface area contributed by atoms with Crippen LogP contribution in [-0.2, 0) is 45.2 Å². The van der Waals surface area contributed by atoms with Gasteiger partial charge in [0.1, 0.15) is 17.4 Å². The number of likely N-dealkylation sites (N-methyl/N-ethyl adjacent to an activating group) is 1. The number of ether oxygens (including phenoxy) is 6. The van der Waals surface area contributed by atoms with E-state index in [1.165, 1.54) is 6.92 Å². The molecule has 0 radical (unpaired) electrons. The van der Waals surface area contributed by atoms with E-state index >= 15 is 0 Å². The first kappa shape index (κ1) is 34.5. The number of methoxy groups -OCH3 is 1. The van der Waals surface area contributed by atoms with Gasteiger partial charge in [0.2, 0.25) is 0 Å². The fourth-order valence-corrected chi connectivity index (χ4v) is 7.29. The van der Waals surface area contributed by atoms with E-state index < -0.39 is 65.3 Å². The van der Waals surface area contributed by atoms with E-state index in [4.69, 9.17) is 28.4 Å². The largest absolute Gasteiger partial charge is 0.493 e. The average Bonchev–Trinajstić information content (AvgIpc) is 3.35. The molecule has 47 heavy (non-hydrogen) atoms. The minimum Gasteiger partial charge on any atom is -0.493 e. The van der Waals surface area contributed by atoms with Gasteiger partial charge in [-0.25, -0.2) is 14.4 Å². The summed E-state index contributed by atoms with van der Waals surface area (Å²) >= 11 is 0. The van der Waals surface area contributed by atoms with E-state index in [1.807, 2.05) is 26.1 Å². The van der Waals surface area contributed by atoms with Gasteiger partial charge in [-0.2, -0.15) is 0 Å². The molecule has 258 valence electrons. The van der Waals surface area contributed by atoms with E-state index in [0.717, 1.165) is 17.5 Å². The molecule has 13 nitrogen and oxygen atoms in total.